The Bertz CT molecular complexity index is 582. The van der Waals surface area contributed by atoms with Crippen LogP contribution >= 0.6 is 22.9 Å². The molecule has 0 N–H and O–H groups in total. The van der Waals surface area contributed by atoms with Crippen LogP contribution in [0.2, 0.25) is 5.15 Å². The normalized spacial score (nSPS) is 10.2. The van der Waals surface area contributed by atoms with Crippen LogP contribution in [0.25, 0.3) is 10.6 Å². The van der Waals surface area contributed by atoms with Crippen molar-refractivity contribution in [3.8, 4) is 16.3 Å². The maximum atomic E-state index is 11.5. The van der Waals surface area contributed by atoms with Crippen LogP contribution in [-0.2, 0) is 4.74 Å². The molecule has 18 heavy (non-hydrogen) atoms. The molecular weight excluding hydrogens is 274 g/mol. The van der Waals surface area contributed by atoms with Crippen molar-refractivity contribution < 1.29 is 14.3 Å². The van der Waals surface area contributed by atoms with E-state index in [1.165, 1.54) is 18.4 Å². The Morgan fingerprint density at radius 3 is 2.72 bits per heavy atom. The fourth-order valence-corrected chi connectivity index (χ4v) is 2.69. The third-order valence-electron chi connectivity index (χ3n) is 2.29. The van der Waals surface area contributed by atoms with Gasteiger partial charge in [-0.3, -0.25) is 0 Å². The van der Waals surface area contributed by atoms with Crippen LogP contribution in [0.3, 0.4) is 0 Å². The van der Waals surface area contributed by atoms with Crippen molar-refractivity contribution in [1.82, 2.24) is 4.98 Å². The van der Waals surface area contributed by atoms with Gasteiger partial charge in [-0.1, -0.05) is 23.7 Å². The largest absolute Gasteiger partial charge is 0.496 e. The van der Waals surface area contributed by atoms with Gasteiger partial charge in [-0.25, -0.2) is 9.78 Å². The number of hydrogen-bond acceptors (Lipinski definition) is 5. The van der Waals surface area contributed by atoms with Crippen LogP contribution in [0.5, 0.6) is 5.75 Å². The van der Waals surface area contributed by atoms with Crippen LogP contribution in [0, 0.1) is 0 Å². The highest BCUT2D eigenvalue weighted by Gasteiger charge is 2.19. The van der Waals surface area contributed by atoms with Gasteiger partial charge in [-0.05, 0) is 12.1 Å². The standard InChI is InChI=1S/C12H10ClNO3S/c1-16-8-6-4-3-5-7(8)11-14-10(13)9(18-11)12(15)17-2/h3-6H,1-2H3. The number of esters is 1. The van der Waals surface area contributed by atoms with Gasteiger partial charge >= 0.3 is 5.97 Å². The Morgan fingerprint density at radius 2 is 2.06 bits per heavy atom. The lowest BCUT2D eigenvalue weighted by Gasteiger charge is -2.04. The second-order valence-electron chi connectivity index (χ2n) is 3.33. The van der Waals surface area contributed by atoms with Gasteiger partial charge in [0.15, 0.2) is 10.0 Å². The van der Waals surface area contributed by atoms with Gasteiger partial charge in [0.05, 0.1) is 19.8 Å². The molecule has 1 heterocycles. The highest BCUT2D eigenvalue weighted by Crippen LogP contribution is 2.36. The monoisotopic (exact) mass is 283 g/mol. The molecular formula is C12H10ClNO3S. The molecule has 0 aliphatic carbocycles. The first-order chi connectivity index (χ1) is 8.67. The summed E-state index contributed by atoms with van der Waals surface area (Å²) >= 11 is 7.10. The SMILES string of the molecule is COC(=O)c1sc(-c2ccccc2OC)nc1Cl. The number of halogens is 1. The zero-order valence-corrected chi connectivity index (χ0v) is 11.3. The second kappa shape index (κ2) is 5.37. The molecule has 2 rings (SSSR count). The van der Waals surface area contributed by atoms with Gasteiger partial charge in [0.2, 0.25) is 0 Å². The van der Waals surface area contributed by atoms with Gasteiger partial charge in [-0.15, -0.1) is 11.3 Å². The zero-order valence-electron chi connectivity index (χ0n) is 9.77. The summed E-state index contributed by atoms with van der Waals surface area (Å²) in [7, 11) is 2.89. The summed E-state index contributed by atoms with van der Waals surface area (Å²) in [5, 5.41) is 0.769. The summed E-state index contributed by atoms with van der Waals surface area (Å²) in [6.07, 6.45) is 0. The molecule has 0 saturated heterocycles. The number of rotatable bonds is 3. The average molecular weight is 284 g/mol. The summed E-state index contributed by atoms with van der Waals surface area (Å²) in [6.45, 7) is 0. The highest BCUT2D eigenvalue weighted by atomic mass is 35.5. The number of hydrogen-bond donors (Lipinski definition) is 0. The van der Waals surface area contributed by atoms with E-state index in [2.05, 4.69) is 9.72 Å². The third-order valence-corrected chi connectivity index (χ3v) is 3.75. The molecule has 2 aromatic rings. The number of ether oxygens (including phenoxy) is 2. The third kappa shape index (κ3) is 2.32. The lowest BCUT2D eigenvalue weighted by atomic mass is 10.2. The Balaban J connectivity index is 2.49. The summed E-state index contributed by atoms with van der Waals surface area (Å²) < 4.78 is 9.88. The van der Waals surface area contributed by atoms with Crippen LogP contribution in [0.15, 0.2) is 24.3 Å². The molecule has 0 radical (unpaired) electrons. The van der Waals surface area contributed by atoms with Crippen molar-refractivity contribution in [3.05, 3.63) is 34.3 Å². The maximum absolute atomic E-state index is 11.5. The summed E-state index contributed by atoms with van der Waals surface area (Å²) in [4.78, 5) is 15.9. The van der Waals surface area contributed by atoms with Crippen molar-refractivity contribution in [1.29, 1.82) is 0 Å². The summed E-state index contributed by atoms with van der Waals surface area (Å²) in [6, 6.07) is 7.40. The van der Waals surface area contributed by atoms with E-state index in [0.717, 1.165) is 5.56 Å². The predicted octanol–water partition coefficient (Wildman–Crippen LogP) is 3.26. The smallest absolute Gasteiger partial charge is 0.351 e. The Labute approximate surface area is 113 Å². The summed E-state index contributed by atoms with van der Waals surface area (Å²) in [5.41, 5.74) is 0.794. The van der Waals surface area contributed by atoms with Gasteiger partial charge < -0.3 is 9.47 Å². The number of aromatic nitrogens is 1. The first-order valence-corrected chi connectivity index (χ1v) is 6.25. The quantitative estimate of drug-likeness (QED) is 0.811. The van der Waals surface area contributed by atoms with E-state index in [4.69, 9.17) is 16.3 Å². The van der Waals surface area contributed by atoms with E-state index in [1.54, 1.807) is 7.11 Å². The molecule has 0 fully saturated rings. The maximum Gasteiger partial charge on any atom is 0.351 e. The van der Waals surface area contributed by atoms with Crippen molar-refractivity contribution in [3.63, 3.8) is 0 Å². The fraction of sp³-hybridized carbons (Fsp3) is 0.167. The van der Waals surface area contributed by atoms with Gasteiger partial charge in [-0.2, -0.15) is 0 Å². The number of thiazole rings is 1. The first kappa shape index (κ1) is 12.9. The lowest BCUT2D eigenvalue weighted by molar-refractivity contribution is 0.0606. The lowest BCUT2D eigenvalue weighted by Crippen LogP contribution is -1.98. The zero-order chi connectivity index (χ0) is 13.1. The molecule has 0 aliphatic rings. The van der Waals surface area contributed by atoms with E-state index in [0.29, 0.717) is 15.6 Å². The van der Waals surface area contributed by atoms with E-state index in [9.17, 15) is 4.79 Å². The molecule has 0 unspecified atom stereocenters. The molecule has 0 bridgehead atoms. The predicted molar refractivity (Wildman–Crippen MR) is 70.5 cm³/mol. The second-order valence-corrected chi connectivity index (χ2v) is 4.69. The molecule has 94 valence electrons. The minimum Gasteiger partial charge on any atom is -0.496 e. The summed E-state index contributed by atoms with van der Waals surface area (Å²) in [5.74, 6) is 0.193. The number of benzene rings is 1. The number of para-hydroxylation sites is 1. The number of carbonyl (C=O) groups is 1. The molecule has 0 amide bonds. The first-order valence-electron chi connectivity index (χ1n) is 5.05. The van der Waals surface area contributed by atoms with Crippen molar-refractivity contribution >= 4 is 28.9 Å². The molecule has 0 spiro atoms. The molecule has 4 nitrogen and oxygen atoms in total. The average Bonchev–Trinajstić information content (AvgIpc) is 2.79. The van der Waals surface area contributed by atoms with Crippen LogP contribution in [0.1, 0.15) is 9.67 Å². The minimum absolute atomic E-state index is 0.146. The van der Waals surface area contributed by atoms with E-state index < -0.39 is 5.97 Å². The fourth-order valence-electron chi connectivity index (χ4n) is 1.46. The van der Waals surface area contributed by atoms with E-state index in [-0.39, 0.29) is 5.15 Å². The number of nitrogens with zero attached hydrogens (tertiary/aromatic N) is 1. The van der Waals surface area contributed by atoms with E-state index >= 15 is 0 Å². The molecule has 6 heteroatoms. The molecule has 0 saturated carbocycles. The van der Waals surface area contributed by atoms with Crippen LogP contribution < -0.4 is 4.74 Å². The van der Waals surface area contributed by atoms with Gasteiger partial charge in [0, 0.05) is 0 Å². The van der Waals surface area contributed by atoms with Gasteiger partial charge in [0.1, 0.15) is 10.8 Å². The highest BCUT2D eigenvalue weighted by molar-refractivity contribution is 7.17. The minimum atomic E-state index is -0.487. The van der Waals surface area contributed by atoms with Crippen molar-refractivity contribution in [2.75, 3.05) is 14.2 Å². The molecule has 0 aliphatic heterocycles. The van der Waals surface area contributed by atoms with Crippen molar-refractivity contribution in [2.45, 2.75) is 0 Å². The Hall–Kier alpha value is -1.59. The molecule has 0 atom stereocenters. The van der Waals surface area contributed by atoms with Crippen molar-refractivity contribution in [2.24, 2.45) is 0 Å². The Morgan fingerprint density at radius 1 is 1.33 bits per heavy atom. The Kier molecular flexibility index (Phi) is 3.84. The van der Waals surface area contributed by atoms with Crippen LogP contribution in [0.4, 0.5) is 0 Å². The molecule has 1 aromatic heterocycles. The molecule has 1 aromatic carbocycles. The van der Waals surface area contributed by atoms with E-state index in [1.807, 2.05) is 24.3 Å². The number of carbonyl (C=O) groups excluding carboxylic acids is 1. The van der Waals surface area contributed by atoms with Crippen LogP contribution in [-0.4, -0.2) is 25.2 Å². The number of methoxy groups -OCH3 is 2. The topological polar surface area (TPSA) is 48.4 Å². The van der Waals surface area contributed by atoms with Gasteiger partial charge in [0.25, 0.3) is 0 Å².